The Labute approximate surface area is 95.0 Å². The lowest BCUT2D eigenvalue weighted by molar-refractivity contribution is 0.421. The van der Waals surface area contributed by atoms with Gasteiger partial charge in [-0.3, -0.25) is 0 Å². The van der Waals surface area contributed by atoms with Crippen LogP contribution < -0.4 is 0 Å². The fourth-order valence-electron chi connectivity index (χ4n) is 1.68. The van der Waals surface area contributed by atoms with Crippen molar-refractivity contribution in [2.45, 2.75) is 49.8 Å². The molecular formula is C12H19BrO. The minimum Gasteiger partial charge on any atom is -0.508 e. The third kappa shape index (κ3) is 3.87. The van der Waals surface area contributed by atoms with Gasteiger partial charge in [0.2, 0.25) is 0 Å². The van der Waals surface area contributed by atoms with E-state index >= 15 is 0 Å². The minimum absolute atomic E-state index is 0.104. The molecule has 0 aliphatic heterocycles. The number of halogens is 1. The second kappa shape index (κ2) is 5.59. The minimum atomic E-state index is 0.104. The van der Waals surface area contributed by atoms with Crippen molar-refractivity contribution in [1.82, 2.24) is 0 Å². The van der Waals surface area contributed by atoms with Crippen LogP contribution in [-0.4, -0.2) is 9.43 Å². The van der Waals surface area contributed by atoms with Gasteiger partial charge in [-0.15, -0.1) is 0 Å². The monoisotopic (exact) mass is 258 g/mol. The van der Waals surface area contributed by atoms with Crippen LogP contribution in [0.15, 0.2) is 24.0 Å². The fraction of sp³-hybridized carbons (Fsp3) is 0.667. The number of unbranched alkanes of at least 4 members (excludes halogenated alkanes) is 3. The number of aliphatic hydroxyl groups is 1. The van der Waals surface area contributed by atoms with E-state index in [4.69, 9.17) is 0 Å². The van der Waals surface area contributed by atoms with Crippen LogP contribution in [0, 0.1) is 0 Å². The molecule has 1 nitrogen and oxygen atoms in total. The number of hydrogen-bond acceptors (Lipinski definition) is 1. The van der Waals surface area contributed by atoms with E-state index in [-0.39, 0.29) is 4.32 Å². The second-order valence-electron chi connectivity index (χ2n) is 4.01. The van der Waals surface area contributed by atoms with E-state index in [1.807, 2.05) is 6.08 Å². The maximum atomic E-state index is 9.20. The second-order valence-corrected chi connectivity index (χ2v) is 5.59. The third-order valence-corrected chi connectivity index (χ3v) is 3.63. The molecule has 1 N–H and O–H groups in total. The Balaban J connectivity index is 2.27. The molecule has 80 valence electrons. The van der Waals surface area contributed by atoms with Crippen molar-refractivity contribution in [3.8, 4) is 0 Å². The zero-order valence-electron chi connectivity index (χ0n) is 8.80. The SMILES string of the molecule is CCCCCCC1(Br)C=CC(O)=CC1. The van der Waals surface area contributed by atoms with Gasteiger partial charge >= 0.3 is 0 Å². The highest BCUT2D eigenvalue weighted by molar-refractivity contribution is 9.10. The Morgan fingerprint density at radius 2 is 2.21 bits per heavy atom. The van der Waals surface area contributed by atoms with Gasteiger partial charge in [-0.1, -0.05) is 54.6 Å². The maximum Gasteiger partial charge on any atom is 0.111 e. The number of allylic oxidation sites excluding steroid dienone is 3. The van der Waals surface area contributed by atoms with E-state index < -0.39 is 0 Å². The molecule has 0 spiro atoms. The summed E-state index contributed by atoms with van der Waals surface area (Å²) in [5.41, 5.74) is 0. The first kappa shape index (κ1) is 11.8. The van der Waals surface area contributed by atoms with Crippen LogP contribution in [0.1, 0.15) is 45.4 Å². The molecule has 0 bridgehead atoms. The van der Waals surface area contributed by atoms with E-state index in [0.29, 0.717) is 5.76 Å². The third-order valence-electron chi connectivity index (χ3n) is 2.65. The average molecular weight is 259 g/mol. The Kier molecular flexibility index (Phi) is 4.73. The molecule has 0 fully saturated rings. The molecular weight excluding hydrogens is 240 g/mol. The Hall–Kier alpha value is -0.240. The van der Waals surface area contributed by atoms with Gasteiger partial charge in [0.25, 0.3) is 0 Å². The van der Waals surface area contributed by atoms with Crippen molar-refractivity contribution in [3.05, 3.63) is 24.0 Å². The molecule has 0 aromatic heterocycles. The summed E-state index contributed by atoms with van der Waals surface area (Å²) in [5.74, 6) is 0.397. The van der Waals surface area contributed by atoms with Crippen LogP contribution in [0.5, 0.6) is 0 Å². The molecule has 0 saturated heterocycles. The molecule has 0 heterocycles. The first-order valence-electron chi connectivity index (χ1n) is 5.43. The van der Waals surface area contributed by atoms with E-state index in [1.54, 1.807) is 6.08 Å². The van der Waals surface area contributed by atoms with Crippen molar-refractivity contribution in [2.75, 3.05) is 0 Å². The molecule has 0 aromatic rings. The predicted molar refractivity (Wildman–Crippen MR) is 64.9 cm³/mol. The van der Waals surface area contributed by atoms with Gasteiger partial charge in [-0.2, -0.15) is 0 Å². The highest BCUT2D eigenvalue weighted by Crippen LogP contribution is 2.34. The Bertz CT molecular complexity index is 232. The lowest BCUT2D eigenvalue weighted by Gasteiger charge is -2.24. The molecule has 1 aliphatic carbocycles. The van der Waals surface area contributed by atoms with Crippen molar-refractivity contribution in [2.24, 2.45) is 0 Å². The van der Waals surface area contributed by atoms with Crippen LogP contribution in [0.2, 0.25) is 0 Å². The number of aliphatic hydroxyl groups excluding tert-OH is 1. The van der Waals surface area contributed by atoms with Crippen LogP contribution >= 0.6 is 15.9 Å². The Morgan fingerprint density at radius 3 is 2.79 bits per heavy atom. The van der Waals surface area contributed by atoms with Gasteiger partial charge in [-0.25, -0.2) is 0 Å². The summed E-state index contributed by atoms with van der Waals surface area (Å²) in [5, 5.41) is 9.20. The maximum absolute atomic E-state index is 9.20. The van der Waals surface area contributed by atoms with Crippen LogP contribution in [0.4, 0.5) is 0 Å². The fourth-order valence-corrected chi connectivity index (χ4v) is 2.25. The van der Waals surface area contributed by atoms with Crippen LogP contribution in [0.25, 0.3) is 0 Å². The molecule has 0 saturated carbocycles. The molecule has 14 heavy (non-hydrogen) atoms. The van der Waals surface area contributed by atoms with Crippen molar-refractivity contribution >= 4 is 15.9 Å². The van der Waals surface area contributed by atoms with E-state index in [0.717, 1.165) is 12.8 Å². The van der Waals surface area contributed by atoms with E-state index in [1.165, 1.54) is 25.7 Å². The smallest absolute Gasteiger partial charge is 0.111 e. The van der Waals surface area contributed by atoms with Gasteiger partial charge in [0, 0.05) is 4.32 Å². The highest BCUT2D eigenvalue weighted by atomic mass is 79.9. The highest BCUT2D eigenvalue weighted by Gasteiger charge is 2.23. The van der Waals surface area contributed by atoms with Crippen molar-refractivity contribution < 1.29 is 5.11 Å². The molecule has 0 aromatic carbocycles. The topological polar surface area (TPSA) is 20.2 Å². The summed E-state index contributed by atoms with van der Waals surface area (Å²) in [6, 6.07) is 0. The summed E-state index contributed by atoms with van der Waals surface area (Å²) in [6.45, 7) is 2.23. The Morgan fingerprint density at radius 1 is 1.43 bits per heavy atom. The zero-order chi connectivity index (χ0) is 10.4. The molecule has 2 heteroatoms. The first-order valence-corrected chi connectivity index (χ1v) is 6.23. The van der Waals surface area contributed by atoms with Gasteiger partial charge in [0.15, 0.2) is 0 Å². The van der Waals surface area contributed by atoms with Gasteiger partial charge < -0.3 is 5.11 Å². The largest absolute Gasteiger partial charge is 0.508 e. The summed E-state index contributed by atoms with van der Waals surface area (Å²) < 4.78 is 0.104. The molecule has 0 amide bonds. The summed E-state index contributed by atoms with van der Waals surface area (Å²) in [4.78, 5) is 0. The van der Waals surface area contributed by atoms with Crippen LogP contribution in [-0.2, 0) is 0 Å². The number of rotatable bonds is 5. The quantitative estimate of drug-likeness (QED) is 0.569. The van der Waals surface area contributed by atoms with Gasteiger partial charge in [0.05, 0.1) is 0 Å². The molecule has 1 unspecified atom stereocenters. The predicted octanol–water partition coefficient (Wildman–Crippen LogP) is 4.49. The van der Waals surface area contributed by atoms with Crippen molar-refractivity contribution in [1.29, 1.82) is 0 Å². The zero-order valence-corrected chi connectivity index (χ0v) is 10.4. The van der Waals surface area contributed by atoms with Crippen LogP contribution in [0.3, 0.4) is 0 Å². The van der Waals surface area contributed by atoms with E-state index in [9.17, 15) is 5.11 Å². The lowest BCUT2D eigenvalue weighted by atomic mass is 9.93. The lowest BCUT2D eigenvalue weighted by Crippen LogP contribution is -2.18. The van der Waals surface area contributed by atoms with Crippen molar-refractivity contribution in [3.63, 3.8) is 0 Å². The molecule has 1 rings (SSSR count). The van der Waals surface area contributed by atoms with E-state index in [2.05, 4.69) is 28.9 Å². The van der Waals surface area contributed by atoms with Gasteiger partial charge in [-0.05, 0) is 25.0 Å². The average Bonchev–Trinajstić information content (AvgIpc) is 2.18. The molecule has 1 atom stereocenters. The molecule has 1 aliphatic rings. The first-order chi connectivity index (χ1) is 6.66. The number of alkyl halides is 1. The number of hydrogen-bond donors (Lipinski definition) is 1. The molecule has 0 radical (unpaired) electrons. The summed E-state index contributed by atoms with van der Waals surface area (Å²) in [6.07, 6.45) is 13.0. The van der Waals surface area contributed by atoms with Gasteiger partial charge in [0.1, 0.15) is 5.76 Å². The standard InChI is InChI=1S/C12H19BrO/c1-2-3-4-5-8-12(13)9-6-11(14)7-10-12/h6-7,9,14H,2-5,8,10H2,1H3. The summed E-state index contributed by atoms with van der Waals surface area (Å²) >= 11 is 3.73. The summed E-state index contributed by atoms with van der Waals surface area (Å²) in [7, 11) is 0. The normalized spacial score (nSPS) is 26.3.